The highest BCUT2D eigenvalue weighted by Gasteiger charge is 2.01. The van der Waals surface area contributed by atoms with E-state index in [0.29, 0.717) is 5.56 Å². The Kier molecular flexibility index (Phi) is 3.32. The van der Waals surface area contributed by atoms with Crippen LogP contribution in [0.4, 0.5) is 4.39 Å². The third-order valence-corrected chi connectivity index (χ3v) is 2.01. The number of methoxy groups -OCH3 is 1. The molecule has 0 bridgehead atoms. The monoisotopic (exact) mass is 228 g/mol. The first-order valence-corrected chi connectivity index (χ1v) is 5.88. The van der Waals surface area contributed by atoms with Crippen molar-refractivity contribution >= 4 is 9.84 Å². The van der Waals surface area contributed by atoms with Crippen molar-refractivity contribution in [1.29, 1.82) is 0 Å². The molecule has 15 heavy (non-hydrogen) atoms. The van der Waals surface area contributed by atoms with E-state index in [1.54, 1.807) is 0 Å². The molecule has 0 aliphatic carbocycles. The molecule has 0 spiro atoms. The maximum atomic E-state index is 13.1. The highest BCUT2D eigenvalue weighted by atomic mass is 32.2. The zero-order valence-electron chi connectivity index (χ0n) is 8.24. The van der Waals surface area contributed by atoms with Crippen LogP contribution in [0.15, 0.2) is 18.2 Å². The van der Waals surface area contributed by atoms with Crippen molar-refractivity contribution < 1.29 is 17.5 Å². The zero-order chi connectivity index (χ0) is 11.5. The Morgan fingerprint density at radius 3 is 2.53 bits per heavy atom. The maximum absolute atomic E-state index is 13.1. The summed E-state index contributed by atoms with van der Waals surface area (Å²) in [5.41, 5.74) is 0.290. The zero-order valence-corrected chi connectivity index (χ0v) is 9.06. The highest BCUT2D eigenvalue weighted by Crippen LogP contribution is 2.16. The van der Waals surface area contributed by atoms with Gasteiger partial charge in [-0.1, -0.05) is 0 Å². The molecule has 0 fully saturated rings. The predicted molar refractivity (Wildman–Crippen MR) is 54.7 cm³/mol. The Morgan fingerprint density at radius 1 is 1.40 bits per heavy atom. The number of ether oxygens (including phenoxy) is 1. The fraction of sp³-hybridized carbons (Fsp3) is 0.200. The van der Waals surface area contributed by atoms with Crippen LogP contribution in [0.3, 0.4) is 0 Å². The van der Waals surface area contributed by atoms with Crippen molar-refractivity contribution in [3.8, 4) is 16.9 Å². The molecule has 1 aromatic carbocycles. The standard InChI is InChI=1S/C10H9FO3S/c1-14-10-4-3-8(7-9(10)11)5-6-15(2,12)13/h3-4,7H,1-2H3. The van der Waals surface area contributed by atoms with Gasteiger partial charge < -0.3 is 4.74 Å². The smallest absolute Gasteiger partial charge is 0.214 e. The van der Waals surface area contributed by atoms with Gasteiger partial charge in [0.1, 0.15) is 0 Å². The Balaban J connectivity index is 3.08. The normalized spacial score (nSPS) is 10.3. The van der Waals surface area contributed by atoms with Gasteiger partial charge in [-0.25, -0.2) is 12.8 Å². The SMILES string of the molecule is COc1ccc(C#CS(C)(=O)=O)cc1F. The summed E-state index contributed by atoms with van der Waals surface area (Å²) in [5, 5.41) is 2.02. The van der Waals surface area contributed by atoms with E-state index < -0.39 is 15.7 Å². The van der Waals surface area contributed by atoms with Crippen LogP contribution in [-0.2, 0) is 9.84 Å². The van der Waals surface area contributed by atoms with Crippen LogP contribution in [0.2, 0.25) is 0 Å². The van der Waals surface area contributed by atoms with Crippen molar-refractivity contribution in [2.75, 3.05) is 13.4 Å². The molecule has 0 amide bonds. The van der Waals surface area contributed by atoms with Gasteiger partial charge in [0.2, 0.25) is 9.84 Å². The van der Waals surface area contributed by atoms with Gasteiger partial charge in [0, 0.05) is 10.8 Å². The van der Waals surface area contributed by atoms with Gasteiger partial charge in [-0.2, -0.15) is 0 Å². The van der Waals surface area contributed by atoms with E-state index in [9.17, 15) is 12.8 Å². The van der Waals surface area contributed by atoms with Gasteiger partial charge in [-0.3, -0.25) is 0 Å². The number of sulfone groups is 1. The van der Waals surface area contributed by atoms with Crippen LogP contribution in [0, 0.1) is 17.0 Å². The fourth-order valence-corrected chi connectivity index (χ4v) is 1.20. The van der Waals surface area contributed by atoms with Gasteiger partial charge in [0.15, 0.2) is 11.6 Å². The molecule has 5 heteroatoms. The molecule has 0 aliphatic rings. The maximum Gasteiger partial charge on any atom is 0.214 e. The summed E-state index contributed by atoms with van der Waals surface area (Å²) in [6.07, 6.45) is 0.986. The van der Waals surface area contributed by atoms with E-state index in [1.165, 1.54) is 19.2 Å². The third-order valence-electron chi connectivity index (χ3n) is 1.53. The van der Waals surface area contributed by atoms with Gasteiger partial charge in [-0.05, 0) is 24.1 Å². The summed E-state index contributed by atoms with van der Waals surface area (Å²) in [5.74, 6) is 1.87. The Bertz CT molecular complexity index is 523. The van der Waals surface area contributed by atoms with E-state index in [1.807, 2.05) is 5.25 Å². The molecule has 0 atom stereocenters. The molecule has 0 N–H and O–H groups in total. The van der Waals surface area contributed by atoms with Crippen molar-refractivity contribution in [3.63, 3.8) is 0 Å². The van der Waals surface area contributed by atoms with Gasteiger partial charge in [0.05, 0.1) is 13.4 Å². The molecule has 0 heterocycles. The summed E-state index contributed by atoms with van der Waals surface area (Å²) in [4.78, 5) is 0. The van der Waals surface area contributed by atoms with Crippen molar-refractivity contribution in [2.45, 2.75) is 0 Å². The molecule has 0 saturated carbocycles. The number of halogens is 1. The van der Waals surface area contributed by atoms with Gasteiger partial charge in [0.25, 0.3) is 0 Å². The Hall–Kier alpha value is -1.54. The highest BCUT2D eigenvalue weighted by molar-refractivity contribution is 7.95. The number of hydrogen-bond donors (Lipinski definition) is 0. The first-order chi connectivity index (χ1) is 6.92. The van der Waals surface area contributed by atoms with E-state index >= 15 is 0 Å². The van der Waals surface area contributed by atoms with Crippen molar-refractivity contribution in [3.05, 3.63) is 29.6 Å². The van der Waals surface area contributed by atoms with E-state index in [0.717, 1.165) is 12.3 Å². The number of hydrogen-bond acceptors (Lipinski definition) is 3. The Labute approximate surface area is 87.8 Å². The lowest BCUT2D eigenvalue weighted by atomic mass is 10.2. The molecule has 0 aromatic heterocycles. The lowest BCUT2D eigenvalue weighted by molar-refractivity contribution is 0.386. The van der Waals surface area contributed by atoms with E-state index in [2.05, 4.69) is 5.92 Å². The first-order valence-electron chi connectivity index (χ1n) is 3.99. The van der Waals surface area contributed by atoms with E-state index in [4.69, 9.17) is 4.74 Å². The molecule has 0 aliphatic heterocycles. The van der Waals surface area contributed by atoms with Crippen LogP contribution < -0.4 is 4.74 Å². The van der Waals surface area contributed by atoms with Crippen LogP contribution in [0.1, 0.15) is 5.56 Å². The molecule has 80 valence electrons. The van der Waals surface area contributed by atoms with Crippen LogP contribution in [-0.4, -0.2) is 21.8 Å². The quantitative estimate of drug-likeness (QED) is 0.678. The lowest BCUT2D eigenvalue weighted by Crippen LogP contribution is -1.91. The number of benzene rings is 1. The topological polar surface area (TPSA) is 43.4 Å². The van der Waals surface area contributed by atoms with E-state index in [-0.39, 0.29) is 5.75 Å². The second-order valence-electron chi connectivity index (χ2n) is 2.85. The van der Waals surface area contributed by atoms with Gasteiger partial charge >= 0.3 is 0 Å². The molecule has 3 nitrogen and oxygen atoms in total. The second kappa shape index (κ2) is 4.32. The van der Waals surface area contributed by atoms with Crippen LogP contribution in [0.25, 0.3) is 0 Å². The average Bonchev–Trinajstić information content (AvgIpc) is 2.14. The summed E-state index contributed by atoms with van der Waals surface area (Å²) in [6, 6.07) is 4.00. The van der Waals surface area contributed by atoms with Crippen molar-refractivity contribution in [2.24, 2.45) is 0 Å². The lowest BCUT2D eigenvalue weighted by Gasteiger charge is -2.00. The fourth-order valence-electron chi connectivity index (χ4n) is 0.896. The summed E-state index contributed by atoms with van der Waals surface area (Å²) < 4.78 is 39.3. The first kappa shape index (κ1) is 11.5. The van der Waals surface area contributed by atoms with Gasteiger partial charge in [-0.15, -0.1) is 0 Å². The minimum atomic E-state index is -3.37. The molecule has 0 unspecified atom stereocenters. The van der Waals surface area contributed by atoms with Crippen LogP contribution in [0.5, 0.6) is 5.75 Å². The van der Waals surface area contributed by atoms with Crippen LogP contribution >= 0.6 is 0 Å². The molecule has 0 saturated heterocycles. The summed E-state index contributed by atoms with van der Waals surface area (Å²) >= 11 is 0. The van der Waals surface area contributed by atoms with Crippen molar-refractivity contribution in [1.82, 2.24) is 0 Å². The predicted octanol–water partition coefficient (Wildman–Crippen LogP) is 1.19. The largest absolute Gasteiger partial charge is 0.494 e. The average molecular weight is 228 g/mol. The minimum absolute atomic E-state index is 0.0971. The Morgan fingerprint density at radius 2 is 2.07 bits per heavy atom. The molecule has 1 aromatic rings. The summed E-state index contributed by atoms with van der Waals surface area (Å²) in [7, 11) is -2.02. The minimum Gasteiger partial charge on any atom is -0.494 e. The molecular formula is C10H9FO3S. The number of rotatable bonds is 1. The molecular weight excluding hydrogens is 219 g/mol. The third kappa shape index (κ3) is 3.60. The molecule has 0 radical (unpaired) electrons. The second-order valence-corrected chi connectivity index (χ2v) is 4.60. The molecule has 1 rings (SSSR count). The summed E-state index contributed by atoms with van der Waals surface area (Å²) in [6.45, 7) is 0.